The first-order valence-corrected chi connectivity index (χ1v) is 4.11. The summed E-state index contributed by atoms with van der Waals surface area (Å²) in [6.07, 6.45) is -1.98. The van der Waals surface area contributed by atoms with Crippen molar-refractivity contribution in [1.82, 2.24) is 5.06 Å². The lowest BCUT2D eigenvalue weighted by Crippen LogP contribution is -2.41. The Hall–Kier alpha value is -0.200. The zero-order valence-corrected chi connectivity index (χ0v) is 6.62. The van der Waals surface area contributed by atoms with E-state index in [2.05, 4.69) is 0 Å². The molecule has 3 fully saturated rings. The van der Waals surface area contributed by atoms with Crippen LogP contribution in [-0.4, -0.2) is 53.0 Å². The molecule has 68 valence electrons. The highest BCUT2D eigenvalue weighted by atomic mass is 16.8. The van der Waals surface area contributed by atoms with E-state index in [1.807, 2.05) is 0 Å². The molecule has 0 aromatic carbocycles. The molecule has 3 aliphatic rings. The van der Waals surface area contributed by atoms with Crippen molar-refractivity contribution < 1.29 is 19.8 Å². The highest BCUT2D eigenvalue weighted by molar-refractivity contribution is 5.10. The molecule has 0 aromatic rings. The van der Waals surface area contributed by atoms with Gasteiger partial charge in [-0.25, -0.2) is 0 Å². The second-order valence-corrected chi connectivity index (χ2v) is 3.67. The quantitative estimate of drug-likeness (QED) is 0.457. The van der Waals surface area contributed by atoms with Gasteiger partial charge in [0, 0.05) is 7.05 Å². The second kappa shape index (κ2) is 2.00. The van der Waals surface area contributed by atoms with Crippen molar-refractivity contribution in [3.63, 3.8) is 0 Å². The van der Waals surface area contributed by atoms with Gasteiger partial charge < -0.3 is 14.9 Å². The van der Waals surface area contributed by atoms with E-state index in [1.54, 1.807) is 12.1 Å². The van der Waals surface area contributed by atoms with Crippen LogP contribution in [0.25, 0.3) is 0 Å². The minimum atomic E-state index is -0.617. The highest BCUT2D eigenvalue weighted by Crippen LogP contribution is 2.47. The van der Waals surface area contributed by atoms with Crippen LogP contribution in [0.1, 0.15) is 0 Å². The summed E-state index contributed by atoms with van der Waals surface area (Å²) in [5.74, 6) is -0.0741. The van der Waals surface area contributed by atoms with Crippen molar-refractivity contribution in [1.29, 1.82) is 0 Å². The summed E-state index contributed by atoms with van der Waals surface area (Å²) in [5.41, 5.74) is 0. The maximum atomic E-state index is 9.64. The Morgan fingerprint density at radius 1 is 1.25 bits per heavy atom. The molecule has 0 radical (unpaired) electrons. The number of aliphatic hydroxyl groups is 2. The molecule has 1 aliphatic carbocycles. The van der Waals surface area contributed by atoms with E-state index in [0.717, 1.165) is 0 Å². The molecular formula is C7H11NO4. The first kappa shape index (κ1) is 7.23. The van der Waals surface area contributed by atoms with Gasteiger partial charge in [-0.2, -0.15) is 5.06 Å². The molecule has 6 unspecified atom stereocenters. The largest absolute Gasteiger partial charge is 0.390 e. The first-order chi connectivity index (χ1) is 5.70. The van der Waals surface area contributed by atoms with E-state index in [9.17, 15) is 10.2 Å². The Kier molecular flexibility index (Phi) is 1.20. The van der Waals surface area contributed by atoms with Gasteiger partial charge in [0.15, 0.2) is 6.29 Å². The van der Waals surface area contributed by atoms with E-state index < -0.39 is 18.3 Å². The van der Waals surface area contributed by atoms with Gasteiger partial charge in [-0.15, -0.1) is 0 Å². The van der Waals surface area contributed by atoms with Gasteiger partial charge >= 0.3 is 0 Å². The van der Waals surface area contributed by atoms with Crippen LogP contribution in [0.4, 0.5) is 0 Å². The summed E-state index contributed by atoms with van der Waals surface area (Å²) < 4.78 is 5.28. The smallest absolute Gasteiger partial charge is 0.185 e. The number of aliphatic hydroxyl groups excluding tert-OH is 2. The van der Waals surface area contributed by atoms with Crippen LogP contribution >= 0.6 is 0 Å². The van der Waals surface area contributed by atoms with E-state index >= 15 is 0 Å². The summed E-state index contributed by atoms with van der Waals surface area (Å²) in [4.78, 5) is 5.27. The number of rotatable bonds is 0. The van der Waals surface area contributed by atoms with E-state index in [4.69, 9.17) is 9.57 Å². The summed E-state index contributed by atoms with van der Waals surface area (Å²) in [5, 5.41) is 20.8. The summed E-state index contributed by atoms with van der Waals surface area (Å²) in [7, 11) is 1.75. The number of hydrogen-bond donors (Lipinski definition) is 2. The lowest BCUT2D eigenvalue weighted by Gasteiger charge is -2.22. The van der Waals surface area contributed by atoms with Crippen molar-refractivity contribution in [2.24, 2.45) is 5.92 Å². The predicted molar refractivity (Wildman–Crippen MR) is 36.8 cm³/mol. The zero-order valence-electron chi connectivity index (χ0n) is 6.62. The van der Waals surface area contributed by atoms with Gasteiger partial charge in [0.05, 0.1) is 18.1 Å². The Bertz CT molecular complexity index is 221. The van der Waals surface area contributed by atoms with Gasteiger partial charge in [-0.1, -0.05) is 0 Å². The standard InChI is InChI=1S/C7H11NO4/c1-8-3-2-4(9)6(5(3)10)11-7(2)12-8/h2-7,9-10H,1H3. The molecule has 5 nitrogen and oxygen atoms in total. The molecule has 0 spiro atoms. The Morgan fingerprint density at radius 3 is 2.58 bits per heavy atom. The summed E-state index contributed by atoms with van der Waals surface area (Å²) in [6.45, 7) is 0. The van der Waals surface area contributed by atoms with Gasteiger partial charge in [-0.05, 0) is 0 Å². The molecule has 2 bridgehead atoms. The van der Waals surface area contributed by atoms with Crippen LogP contribution < -0.4 is 0 Å². The van der Waals surface area contributed by atoms with E-state index in [1.165, 1.54) is 0 Å². The SMILES string of the molecule is CN1OC2OC3C(O)C2C1C3O. The number of hydrogen-bond acceptors (Lipinski definition) is 5. The van der Waals surface area contributed by atoms with Gasteiger partial charge in [0.1, 0.15) is 12.2 Å². The monoisotopic (exact) mass is 173 g/mol. The Morgan fingerprint density at radius 2 is 2.00 bits per heavy atom. The third kappa shape index (κ3) is 0.592. The molecule has 0 amide bonds. The molecule has 2 N–H and O–H groups in total. The van der Waals surface area contributed by atoms with Crippen molar-refractivity contribution in [2.45, 2.75) is 30.6 Å². The van der Waals surface area contributed by atoms with Crippen molar-refractivity contribution in [3.05, 3.63) is 0 Å². The number of nitrogens with zero attached hydrogens (tertiary/aromatic N) is 1. The van der Waals surface area contributed by atoms with Gasteiger partial charge in [-0.3, -0.25) is 4.84 Å². The Labute approximate surface area is 69.4 Å². The number of likely N-dealkylation sites (N-methyl/N-ethyl adjacent to an activating group) is 1. The minimum absolute atomic E-state index is 0.0741. The molecule has 2 saturated heterocycles. The maximum absolute atomic E-state index is 9.64. The van der Waals surface area contributed by atoms with Crippen LogP contribution in [0.3, 0.4) is 0 Å². The first-order valence-electron chi connectivity index (χ1n) is 4.11. The van der Waals surface area contributed by atoms with Crippen LogP contribution in [0, 0.1) is 5.92 Å². The number of ether oxygens (including phenoxy) is 1. The Balaban J connectivity index is 2.01. The van der Waals surface area contributed by atoms with Crippen molar-refractivity contribution >= 4 is 0 Å². The molecule has 5 heteroatoms. The van der Waals surface area contributed by atoms with E-state index in [0.29, 0.717) is 0 Å². The molecule has 6 atom stereocenters. The minimum Gasteiger partial charge on any atom is -0.390 e. The fourth-order valence-electron chi connectivity index (χ4n) is 2.56. The molecular weight excluding hydrogens is 162 g/mol. The third-order valence-corrected chi connectivity index (χ3v) is 3.11. The molecule has 0 aromatic heterocycles. The highest BCUT2D eigenvalue weighted by Gasteiger charge is 2.66. The average molecular weight is 173 g/mol. The predicted octanol–water partition coefficient (Wildman–Crippen LogP) is -1.69. The topological polar surface area (TPSA) is 62.2 Å². The zero-order chi connectivity index (χ0) is 8.46. The number of fused-ring (bicyclic) bond motifs is 1. The average Bonchev–Trinajstić information content (AvgIpc) is 2.52. The van der Waals surface area contributed by atoms with Crippen LogP contribution in [0.15, 0.2) is 0 Å². The van der Waals surface area contributed by atoms with Gasteiger partial charge in [0.2, 0.25) is 0 Å². The third-order valence-electron chi connectivity index (χ3n) is 3.11. The van der Waals surface area contributed by atoms with Crippen molar-refractivity contribution in [3.8, 4) is 0 Å². The van der Waals surface area contributed by atoms with Crippen LogP contribution in [0.5, 0.6) is 0 Å². The van der Waals surface area contributed by atoms with Crippen LogP contribution in [-0.2, 0) is 9.57 Å². The van der Waals surface area contributed by atoms with E-state index in [-0.39, 0.29) is 18.2 Å². The lowest BCUT2D eigenvalue weighted by atomic mass is 10.0. The van der Waals surface area contributed by atoms with Crippen molar-refractivity contribution in [2.75, 3.05) is 7.05 Å². The summed E-state index contributed by atoms with van der Waals surface area (Å²) in [6, 6.07) is -0.0938. The lowest BCUT2D eigenvalue weighted by molar-refractivity contribution is -0.215. The van der Waals surface area contributed by atoms with Gasteiger partial charge in [0.25, 0.3) is 0 Å². The second-order valence-electron chi connectivity index (χ2n) is 3.67. The maximum Gasteiger partial charge on any atom is 0.185 e. The molecule has 12 heavy (non-hydrogen) atoms. The molecule has 3 rings (SSSR count). The molecule has 2 heterocycles. The van der Waals surface area contributed by atoms with Crippen LogP contribution in [0.2, 0.25) is 0 Å². The fourth-order valence-corrected chi connectivity index (χ4v) is 2.56. The normalized spacial score (nSPS) is 63.2. The fraction of sp³-hybridized carbons (Fsp3) is 1.00. The number of hydroxylamine groups is 2. The summed E-state index contributed by atoms with van der Waals surface area (Å²) >= 11 is 0. The molecule has 2 aliphatic heterocycles. The molecule has 1 saturated carbocycles.